The standard InChI is InChI=1S/C21H30ClFN2O5/c1-21(2,3)30-20(27)25-10-5-6-14(13-25)18(29-11-9-24-19(26)28-4)16-12-15(22)7-8-17(16)23/h7-8,12,14,18H,5-6,9-11,13H2,1-4H3,(H,24,26)/t14?,18-/m1/s1. The van der Waals surface area contributed by atoms with Gasteiger partial charge in [-0.1, -0.05) is 11.6 Å². The molecule has 0 bridgehead atoms. The van der Waals surface area contributed by atoms with Gasteiger partial charge in [-0.25, -0.2) is 14.0 Å². The van der Waals surface area contributed by atoms with Crippen LogP contribution in [0.15, 0.2) is 18.2 Å². The second-order valence-electron chi connectivity index (χ2n) is 8.20. The maximum atomic E-state index is 14.6. The minimum atomic E-state index is -0.631. The highest BCUT2D eigenvalue weighted by atomic mass is 35.5. The van der Waals surface area contributed by atoms with Crippen LogP contribution >= 0.6 is 11.6 Å². The molecule has 168 valence electrons. The molecule has 0 radical (unpaired) electrons. The number of alkyl carbamates (subject to hydrolysis) is 1. The molecular formula is C21H30ClFN2O5. The van der Waals surface area contributed by atoms with E-state index in [1.54, 1.807) is 11.0 Å². The largest absolute Gasteiger partial charge is 0.453 e. The van der Waals surface area contributed by atoms with Crippen LogP contribution in [-0.4, -0.2) is 56.0 Å². The number of rotatable bonds is 6. The second kappa shape index (κ2) is 10.8. The van der Waals surface area contributed by atoms with Gasteiger partial charge in [-0.15, -0.1) is 0 Å². The third kappa shape index (κ3) is 7.32. The lowest BCUT2D eigenvalue weighted by Gasteiger charge is -2.37. The highest BCUT2D eigenvalue weighted by Gasteiger charge is 2.34. The van der Waals surface area contributed by atoms with Gasteiger partial charge in [0.05, 0.1) is 19.8 Å². The fraction of sp³-hybridized carbons (Fsp3) is 0.619. The molecule has 1 unspecified atom stereocenters. The van der Waals surface area contributed by atoms with Crippen LogP contribution in [0.25, 0.3) is 0 Å². The number of hydrogen-bond acceptors (Lipinski definition) is 5. The van der Waals surface area contributed by atoms with Gasteiger partial charge in [0, 0.05) is 36.1 Å². The first-order valence-electron chi connectivity index (χ1n) is 9.97. The van der Waals surface area contributed by atoms with Crippen molar-refractivity contribution < 1.29 is 28.2 Å². The zero-order valence-corrected chi connectivity index (χ0v) is 18.6. The number of nitrogens with one attached hydrogen (secondary N) is 1. The number of halogens is 2. The van der Waals surface area contributed by atoms with Gasteiger partial charge >= 0.3 is 12.2 Å². The third-order valence-electron chi connectivity index (χ3n) is 4.66. The van der Waals surface area contributed by atoms with Gasteiger partial charge in [-0.3, -0.25) is 0 Å². The molecule has 1 saturated heterocycles. The third-order valence-corrected chi connectivity index (χ3v) is 4.89. The summed E-state index contributed by atoms with van der Waals surface area (Å²) >= 11 is 6.09. The molecule has 0 aromatic heterocycles. The Morgan fingerprint density at radius 1 is 1.37 bits per heavy atom. The van der Waals surface area contributed by atoms with Crippen molar-refractivity contribution in [3.8, 4) is 0 Å². The molecule has 30 heavy (non-hydrogen) atoms. The Labute approximate surface area is 181 Å². The molecule has 1 heterocycles. The minimum absolute atomic E-state index is 0.147. The molecule has 1 fully saturated rings. The van der Waals surface area contributed by atoms with Gasteiger partial charge in [0.1, 0.15) is 11.4 Å². The summed E-state index contributed by atoms with van der Waals surface area (Å²) in [5.41, 5.74) is -0.268. The van der Waals surface area contributed by atoms with E-state index in [0.717, 1.165) is 12.8 Å². The maximum Gasteiger partial charge on any atom is 0.410 e. The highest BCUT2D eigenvalue weighted by Crippen LogP contribution is 2.35. The minimum Gasteiger partial charge on any atom is -0.453 e. The average Bonchev–Trinajstić information content (AvgIpc) is 2.68. The number of methoxy groups -OCH3 is 1. The average molecular weight is 445 g/mol. The molecule has 1 aliphatic heterocycles. The maximum absolute atomic E-state index is 14.6. The SMILES string of the molecule is COC(=O)NCCO[C@@H](c1cc(Cl)ccc1F)C1CCCN(C(=O)OC(C)(C)C)C1. The Morgan fingerprint density at radius 3 is 2.77 bits per heavy atom. The van der Waals surface area contributed by atoms with Crippen molar-refractivity contribution in [1.82, 2.24) is 10.2 Å². The second-order valence-corrected chi connectivity index (χ2v) is 8.64. The van der Waals surface area contributed by atoms with Crippen LogP contribution in [0.1, 0.15) is 45.3 Å². The van der Waals surface area contributed by atoms with Crippen LogP contribution in [0.3, 0.4) is 0 Å². The summed E-state index contributed by atoms with van der Waals surface area (Å²) in [5, 5.41) is 2.93. The fourth-order valence-corrected chi connectivity index (χ4v) is 3.55. The number of carbonyl (C=O) groups excluding carboxylic acids is 2. The molecular weight excluding hydrogens is 415 g/mol. The van der Waals surface area contributed by atoms with Crippen molar-refractivity contribution in [1.29, 1.82) is 0 Å². The van der Waals surface area contributed by atoms with E-state index in [-0.39, 0.29) is 19.1 Å². The van der Waals surface area contributed by atoms with Gasteiger partial charge in [-0.05, 0) is 51.8 Å². The number of hydrogen-bond donors (Lipinski definition) is 1. The predicted octanol–water partition coefficient (Wildman–Crippen LogP) is 4.54. The number of likely N-dealkylation sites (tertiary alicyclic amines) is 1. The molecule has 0 saturated carbocycles. The summed E-state index contributed by atoms with van der Waals surface area (Å²) in [4.78, 5) is 25.4. The van der Waals surface area contributed by atoms with E-state index in [0.29, 0.717) is 23.7 Å². The van der Waals surface area contributed by atoms with E-state index in [4.69, 9.17) is 21.1 Å². The van der Waals surface area contributed by atoms with Crippen LogP contribution < -0.4 is 5.32 Å². The Bertz CT molecular complexity index is 741. The molecule has 9 heteroatoms. The quantitative estimate of drug-likeness (QED) is 0.652. The van der Waals surface area contributed by atoms with Crippen LogP contribution in [0.2, 0.25) is 5.02 Å². The first-order chi connectivity index (χ1) is 14.1. The van der Waals surface area contributed by atoms with Gasteiger partial charge in [0.15, 0.2) is 0 Å². The van der Waals surface area contributed by atoms with Crippen molar-refractivity contribution >= 4 is 23.8 Å². The van der Waals surface area contributed by atoms with Gasteiger partial charge in [0.25, 0.3) is 0 Å². The summed E-state index contributed by atoms with van der Waals surface area (Å²) in [6.45, 7) is 6.73. The number of nitrogens with zero attached hydrogens (tertiary/aromatic N) is 1. The summed E-state index contributed by atoms with van der Waals surface area (Å²) in [6.07, 6.45) is -0.108. The van der Waals surface area contributed by atoms with Crippen molar-refractivity contribution in [2.45, 2.75) is 45.3 Å². The monoisotopic (exact) mass is 444 g/mol. The number of ether oxygens (including phenoxy) is 3. The first-order valence-corrected chi connectivity index (χ1v) is 10.3. The zero-order chi connectivity index (χ0) is 22.3. The van der Waals surface area contributed by atoms with E-state index in [2.05, 4.69) is 10.1 Å². The van der Waals surface area contributed by atoms with Crippen LogP contribution in [0, 0.1) is 11.7 Å². The first kappa shape index (κ1) is 24.2. The lowest BCUT2D eigenvalue weighted by Crippen LogP contribution is -2.44. The van der Waals surface area contributed by atoms with Gasteiger partial charge in [-0.2, -0.15) is 0 Å². The zero-order valence-electron chi connectivity index (χ0n) is 17.9. The molecule has 1 N–H and O–H groups in total. The number of benzene rings is 1. The normalized spacial score (nSPS) is 17.9. The van der Waals surface area contributed by atoms with E-state index in [1.807, 2.05) is 20.8 Å². The Morgan fingerprint density at radius 2 is 2.10 bits per heavy atom. The van der Waals surface area contributed by atoms with Gasteiger partial charge < -0.3 is 24.4 Å². The summed E-state index contributed by atoms with van der Waals surface area (Å²) in [7, 11) is 1.27. The topological polar surface area (TPSA) is 77.1 Å². The van der Waals surface area contributed by atoms with Crippen molar-refractivity contribution in [2.24, 2.45) is 5.92 Å². The Balaban J connectivity index is 2.15. The molecule has 1 aliphatic rings. The Kier molecular flexibility index (Phi) is 8.73. The number of amides is 2. The molecule has 7 nitrogen and oxygen atoms in total. The summed E-state index contributed by atoms with van der Waals surface area (Å²) in [5.74, 6) is -0.586. The van der Waals surface area contributed by atoms with E-state index in [1.165, 1.54) is 19.2 Å². The molecule has 2 atom stereocenters. The van der Waals surface area contributed by atoms with Crippen molar-refractivity contribution in [3.63, 3.8) is 0 Å². The molecule has 1 aromatic rings. The van der Waals surface area contributed by atoms with Crippen LogP contribution in [0.4, 0.5) is 14.0 Å². The lowest BCUT2D eigenvalue weighted by atomic mass is 9.88. The number of piperidine rings is 1. The molecule has 2 rings (SSSR count). The van der Waals surface area contributed by atoms with E-state index < -0.39 is 29.7 Å². The fourth-order valence-electron chi connectivity index (χ4n) is 3.37. The smallest absolute Gasteiger partial charge is 0.410 e. The predicted molar refractivity (Wildman–Crippen MR) is 111 cm³/mol. The molecule has 0 aliphatic carbocycles. The summed E-state index contributed by atoms with van der Waals surface area (Å²) in [6, 6.07) is 4.32. The van der Waals surface area contributed by atoms with E-state index in [9.17, 15) is 14.0 Å². The lowest BCUT2D eigenvalue weighted by molar-refractivity contribution is -0.0258. The van der Waals surface area contributed by atoms with Crippen LogP contribution in [0.5, 0.6) is 0 Å². The van der Waals surface area contributed by atoms with Crippen molar-refractivity contribution in [3.05, 3.63) is 34.6 Å². The summed E-state index contributed by atoms with van der Waals surface area (Å²) < 4.78 is 30.6. The molecule has 0 spiro atoms. The van der Waals surface area contributed by atoms with E-state index >= 15 is 0 Å². The number of carbonyl (C=O) groups is 2. The Hall–Kier alpha value is -2.06. The molecule has 2 amide bonds. The molecule has 1 aromatic carbocycles. The van der Waals surface area contributed by atoms with Gasteiger partial charge in [0.2, 0.25) is 0 Å². The van der Waals surface area contributed by atoms with Crippen molar-refractivity contribution in [2.75, 3.05) is 33.4 Å². The highest BCUT2D eigenvalue weighted by molar-refractivity contribution is 6.30. The van der Waals surface area contributed by atoms with Crippen LogP contribution in [-0.2, 0) is 14.2 Å².